The molecule has 0 aliphatic heterocycles. The molecule has 0 amide bonds. The second kappa shape index (κ2) is 9.88. The molecular weight excluding hydrogens is 382 g/mol. The number of thiocarbonyl (C=S) groups is 1. The normalized spacial score (nSPS) is 10.4. The van der Waals surface area contributed by atoms with E-state index < -0.39 is 10.7 Å². The fourth-order valence-corrected chi connectivity index (χ4v) is 2.70. The maximum Gasteiger partial charge on any atom is 0.288 e. The van der Waals surface area contributed by atoms with Crippen LogP contribution in [0.1, 0.15) is 0 Å². The Bertz CT molecular complexity index is 743. The molecule has 2 aromatic rings. The lowest BCUT2D eigenvalue weighted by molar-refractivity contribution is -0.384. The highest BCUT2D eigenvalue weighted by atomic mass is 32.2. The Labute approximate surface area is 158 Å². The van der Waals surface area contributed by atoms with Gasteiger partial charge in [-0.15, -0.1) is 0 Å². The Hall–Kier alpha value is -2.46. The van der Waals surface area contributed by atoms with Crippen LogP contribution in [-0.2, 0) is 0 Å². The summed E-state index contributed by atoms with van der Waals surface area (Å²) in [6, 6.07) is 12.7. The van der Waals surface area contributed by atoms with E-state index in [0.717, 1.165) is 5.69 Å². The topological polar surface area (TPSA) is 79.2 Å². The van der Waals surface area contributed by atoms with Crippen LogP contribution >= 0.6 is 24.0 Å². The average Bonchev–Trinajstić information content (AvgIpc) is 2.60. The van der Waals surface area contributed by atoms with Crippen molar-refractivity contribution in [2.45, 2.75) is 10.7 Å². The van der Waals surface area contributed by atoms with E-state index in [4.69, 9.17) is 12.2 Å². The van der Waals surface area contributed by atoms with E-state index in [1.54, 1.807) is 36.4 Å². The number of hydrogen-bond donors (Lipinski definition) is 3. The SMILES string of the molecule is O=[N+]([O-])c1ccc(NCCNC(=S)Nc2ccc(SC(F)F)cc2)cc1. The first-order valence-corrected chi connectivity index (χ1v) is 8.81. The fourth-order valence-electron chi connectivity index (χ4n) is 1.98. The van der Waals surface area contributed by atoms with Gasteiger partial charge in [0.25, 0.3) is 11.4 Å². The third-order valence-electron chi connectivity index (χ3n) is 3.16. The van der Waals surface area contributed by atoms with E-state index in [1.807, 2.05) is 0 Å². The summed E-state index contributed by atoms with van der Waals surface area (Å²) >= 11 is 5.65. The van der Waals surface area contributed by atoms with Gasteiger partial charge in [0.05, 0.1) is 4.92 Å². The number of nitro benzene ring substituents is 1. The first kappa shape index (κ1) is 19.9. The van der Waals surface area contributed by atoms with Crippen LogP contribution in [0.5, 0.6) is 0 Å². The van der Waals surface area contributed by atoms with Gasteiger partial charge in [-0.3, -0.25) is 10.1 Å². The van der Waals surface area contributed by atoms with Gasteiger partial charge in [-0.2, -0.15) is 8.78 Å². The summed E-state index contributed by atoms with van der Waals surface area (Å²) in [5.41, 5.74) is 1.50. The molecule has 2 aromatic carbocycles. The van der Waals surface area contributed by atoms with Crippen molar-refractivity contribution in [3.05, 3.63) is 58.6 Å². The lowest BCUT2D eigenvalue weighted by atomic mass is 10.3. The van der Waals surface area contributed by atoms with E-state index in [9.17, 15) is 18.9 Å². The van der Waals surface area contributed by atoms with Crippen LogP contribution in [0.2, 0.25) is 0 Å². The van der Waals surface area contributed by atoms with Gasteiger partial charge < -0.3 is 16.0 Å². The average molecular weight is 398 g/mol. The third kappa shape index (κ3) is 6.81. The molecule has 138 valence electrons. The summed E-state index contributed by atoms with van der Waals surface area (Å²) in [7, 11) is 0. The largest absolute Gasteiger partial charge is 0.383 e. The second-order valence-electron chi connectivity index (χ2n) is 5.01. The quantitative estimate of drug-likeness (QED) is 0.201. The molecule has 0 spiro atoms. The van der Waals surface area contributed by atoms with Gasteiger partial charge in [-0.1, -0.05) is 11.8 Å². The standard InChI is InChI=1S/C16H16F2N4O2S2/c17-15(18)26-14-7-3-12(4-8-14)21-16(25)20-10-9-19-11-1-5-13(6-2-11)22(23)24/h1-8,15,19H,9-10H2,(H2,20,21,25). The minimum atomic E-state index is -2.44. The molecule has 0 aliphatic carbocycles. The Kier molecular flexibility index (Phi) is 7.54. The van der Waals surface area contributed by atoms with Crippen molar-refractivity contribution in [1.29, 1.82) is 0 Å². The molecule has 0 saturated carbocycles. The lowest BCUT2D eigenvalue weighted by Crippen LogP contribution is -2.32. The van der Waals surface area contributed by atoms with Crippen LogP contribution in [0.4, 0.5) is 25.8 Å². The predicted molar refractivity (Wildman–Crippen MR) is 104 cm³/mol. The first-order chi connectivity index (χ1) is 12.4. The van der Waals surface area contributed by atoms with Gasteiger partial charge in [0.15, 0.2) is 5.11 Å². The smallest absolute Gasteiger partial charge is 0.288 e. The van der Waals surface area contributed by atoms with Crippen molar-refractivity contribution in [1.82, 2.24) is 5.32 Å². The van der Waals surface area contributed by atoms with Crippen LogP contribution in [0, 0.1) is 10.1 Å². The first-order valence-electron chi connectivity index (χ1n) is 7.52. The van der Waals surface area contributed by atoms with E-state index in [-0.39, 0.29) is 5.69 Å². The van der Waals surface area contributed by atoms with Crippen molar-refractivity contribution >= 4 is 46.2 Å². The number of rotatable bonds is 8. The summed E-state index contributed by atoms with van der Waals surface area (Å²) < 4.78 is 24.5. The molecule has 10 heteroatoms. The highest BCUT2D eigenvalue weighted by molar-refractivity contribution is 7.99. The van der Waals surface area contributed by atoms with Gasteiger partial charge in [0, 0.05) is 41.5 Å². The molecule has 3 N–H and O–H groups in total. The van der Waals surface area contributed by atoms with Gasteiger partial charge in [-0.05, 0) is 48.6 Å². The minimum Gasteiger partial charge on any atom is -0.383 e. The molecule has 0 heterocycles. The molecule has 0 aromatic heterocycles. The summed E-state index contributed by atoms with van der Waals surface area (Å²) in [6.07, 6.45) is 0. The molecule has 6 nitrogen and oxygen atoms in total. The van der Waals surface area contributed by atoms with Gasteiger partial charge in [0.1, 0.15) is 0 Å². The van der Waals surface area contributed by atoms with Crippen LogP contribution < -0.4 is 16.0 Å². The maximum absolute atomic E-state index is 12.3. The Morgan fingerprint density at radius 1 is 1.08 bits per heavy atom. The number of halogens is 2. The fraction of sp³-hybridized carbons (Fsp3) is 0.188. The Morgan fingerprint density at radius 2 is 1.69 bits per heavy atom. The second-order valence-corrected chi connectivity index (χ2v) is 6.49. The highest BCUT2D eigenvalue weighted by Gasteiger charge is 2.05. The van der Waals surface area contributed by atoms with E-state index in [2.05, 4.69) is 16.0 Å². The van der Waals surface area contributed by atoms with Gasteiger partial charge in [-0.25, -0.2) is 0 Å². The van der Waals surface area contributed by atoms with E-state index in [0.29, 0.717) is 40.5 Å². The van der Waals surface area contributed by atoms with Crippen molar-refractivity contribution in [2.24, 2.45) is 0 Å². The van der Waals surface area contributed by atoms with Crippen LogP contribution in [0.25, 0.3) is 0 Å². The molecule has 26 heavy (non-hydrogen) atoms. The van der Waals surface area contributed by atoms with Crippen molar-refractivity contribution in [3.63, 3.8) is 0 Å². The number of nitro groups is 1. The van der Waals surface area contributed by atoms with E-state index >= 15 is 0 Å². The van der Waals surface area contributed by atoms with Gasteiger partial charge >= 0.3 is 0 Å². The van der Waals surface area contributed by atoms with Crippen molar-refractivity contribution in [2.75, 3.05) is 23.7 Å². The molecule has 0 atom stereocenters. The van der Waals surface area contributed by atoms with E-state index in [1.165, 1.54) is 12.1 Å². The summed E-state index contributed by atoms with van der Waals surface area (Å²) in [6.45, 7) is 1.09. The number of nitrogens with one attached hydrogen (secondary N) is 3. The zero-order valence-electron chi connectivity index (χ0n) is 13.4. The Morgan fingerprint density at radius 3 is 2.27 bits per heavy atom. The van der Waals surface area contributed by atoms with Crippen LogP contribution in [0.15, 0.2) is 53.4 Å². The Balaban J connectivity index is 1.69. The molecule has 0 bridgehead atoms. The molecular formula is C16H16F2N4O2S2. The number of alkyl halides is 2. The number of thioether (sulfide) groups is 1. The number of anilines is 2. The van der Waals surface area contributed by atoms with Crippen LogP contribution in [0.3, 0.4) is 0 Å². The molecule has 0 aliphatic rings. The maximum atomic E-state index is 12.3. The molecule has 0 radical (unpaired) electrons. The number of hydrogen-bond acceptors (Lipinski definition) is 5. The minimum absolute atomic E-state index is 0.0389. The number of benzene rings is 2. The summed E-state index contributed by atoms with van der Waals surface area (Å²) in [5.74, 6) is -2.44. The highest BCUT2D eigenvalue weighted by Crippen LogP contribution is 2.26. The number of nitrogens with zero attached hydrogens (tertiary/aromatic N) is 1. The molecule has 0 fully saturated rings. The summed E-state index contributed by atoms with van der Waals surface area (Å²) in [5, 5.41) is 20.1. The lowest BCUT2D eigenvalue weighted by Gasteiger charge is -2.12. The zero-order chi connectivity index (χ0) is 18.9. The monoisotopic (exact) mass is 398 g/mol. The molecule has 0 unspecified atom stereocenters. The molecule has 2 rings (SSSR count). The van der Waals surface area contributed by atoms with Crippen LogP contribution in [-0.4, -0.2) is 28.9 Å². The predicted octanol–water partition coefficient (Wildman–Crippen LogP) is 4.31. The van der Waals surface area contributed by atoms with Crippen molar-refractivity contribution in [3.8, 4) is 0 Å². The summed E-state index contributed by atoms with van der Waals surface area (Å²) in [4.78, 5) is 10.6. The number of non-ortho nitro benzene ring substituents is 1. The third-order valence-corrected chi connectivity index (χ3v) is 4.12. The van der Waals surface area contributed by atoms with Gasteiger partial charge in [0.2, 0.25) is 0 Å². The molecule has 0 saturated heterocycles. The zero-order valence-corrected chi connectivity index (χ0v) is 15.1. The van der Waals surface area contributed by atoms with Crippen molar-refractivity contribution < 1.29 is 13.7 Å².